The number of aromatic nitrogens is 1. The first-order valence-electron chi connectivity index (χ1n) is 8.09. The SMILES string of the molecule is COCCNc1nc(-c2ccccc2)c2c(c1C#N)CCCC2. The van der Waals surface area contributed by atoms with Crippen LogP contribution in [-0.2, 0) is 17.6 Å². The van der Waals surface area contributed by atoms with Crippen molar-refractivity contribution in [3.05, 3.63) is 47.0 Å². The number of rotatable bonds is 5. The number of hydrogen-bond donors (Lipinski definition) is 1. The normalized spacial score (nSPS) is 13.2. The number of ether oxygens (including phenoxy) is 1. The van der Waals surface area contributed by atoms with Crippen molar-refractivity contribution in [2.75, 3.05) is 25.6 Å². The summed E-state index contributed by atoms with van der Waals surface area (Å²) in [5.41, 5.74) is 5.25. The van der Waals surface area contributed by atoms with Crippen LogP contribution in [0.25, 0.3) is 11.3 Å². The molecule has 0 atom stereocenters. The number of nitrogens with zero attached hydrogens (tertiary/aromatic N) is 2. The molecule has 0 saturated carbocycles. The van der Waals surface area contributed by atoms with Gasteiger partial charge in [0.05, 0.1) is 17.9 Å². The molecule has 3 rings (SSSR count). The number of benzene rings is 1. The van der Waals surface area contributed by atoms with Gasteiger partial charge in [-0.2, -0.15) is 5.26 Å². The molecule has 0 amide bonds. The molecule has 0 aliphatic heterocycles. The number of nitriles is 1. The number of pyridine rings is 1. The lowest BCUT2D eigenvalue weighted by Crippen LogP contribution is -2.15. The first-order chi connectivity index (χ1) is 11.3. The summed E-state index contributed by atoms with van der Waals surface area (Å²) in [6.45, 7) is 1.23. The van der Waals surface area contributed by atoms with Crippen molar-refractivity contribution in [3.63, 3.8) is 0 Å². The van der Waals surface area contributed by atoms with Crippen LogP contribution >= 0.6 is 0 Å². The molecule has 1 aromatic carbocycles. The van der Waals surface area contributed by atoms with Crippen molar-refractivity contribution in [2.24, 2.45) is 0 Å². The Hall–Kier alpha value is -2.38. The Kier molecular flexibility index (Phi) is 4.89. The fourth-order valence-electron chi connectivity index (χ4n) is 3.18. The molecule has 1 N–H and O–H groups in total. The van der Waals surface area contributed by atoms with Crippen LogP contribution in [0.5, 0.6) is 0 Å². The van der Waals surface area contributed by atoms with Gasteiger partial charge < -0.3 is 10.1 Å². The standard InChI is InChI=1S/C19H21N3O/c1-23-12-11-21-19-17(13-20)15-9-5-6-10-16(15)18(22-19)14-7-3-2-4-8-14/h2-4,7-8H,5-6,9-12H2,1H3,(H,21,22). The summed E-state index contributed by atoms with van der Waals surface area (Å²) in [5, 5.41) is 12.9. The highest BCUT2D eigenvalue weighted by Crippen LogP contribution is 2.35. The first kappa shape index (κ1) is 15.5. The second-order valence-corrected chi connectivity index (χ2v) is 5.75. The van der Waals surface area contributed by atoms with E-state index in [9.17, 15) is 5.26 Å². The average Bonchev–Trinajstić information content (AvgIpc) is 2.62. The molecule has 4 nitrogen and oxygen atoms in total. The van der Waals surface area contributed by atoms with Crippen LogP contribution in [0.3, 0.4) is 0 Å². The highest BCUT2D eigenvalue weighted by atomic mass is 16.5. The van der Waals surface area contributed by atoms with Crippen molar-refractivity contribution < 1.29 is 4.74 Å². The predicted molar refractivity (Wildman–Crippen MR) is 91.4 cm³/mol. The number of nitrogens with one attached hydrogen (secondary N) is 1. The van der Waals surface area contributed by atoms with E-state index in [1.54, 1.807) is 7.11 Å². The Labute approximate surface area is 137 Å². The zero-order valence-corrected chi connectivity index (χ0v) is 13.4. The maximum atomic E-state index is 9.63. The summed E-state index contributed by atoms with van der Waals surface area (Å²) < 4.78 is 5.09. The van der Waals surface area contributed by atoms with Gasteiger partial charge in [-0.25, -0.2) is 4.98 Å². The summed E-state index contributed by atoms with van der Waals surface area (Å²) >= 11 is 0. The minimum Gasteiger partial charge on any atom is -0.383 e. The van der Waals surface area contributed by atoms with E-state index in [-0.39, 0.29) is 0 Å². The second-order valence-electron chi connectivity index (χ2n) is 5.75. The van der Waals surface area contributed by atoms with E-state index in [1.165, 1.54) is 11.1 Å². The summed E-state index contributed by atoms with van der Waals surface area (Å²) in [7, 11) is 1.67. The van der Waals surface area contributed by atoms with Gasteiger partial charge in [0.15, 0.2) is 0 Å². The molecule has 0 radical (unpaired) electrons. The molecule has 118 valence electrons. The molecule has 0 bridgehead atoms. The molecule has 0 saturated heterocycles. The Balaban J connectivity index is 2.11. The molecule has 0 unspecified atom stereocenters. The largest absolute Gasteiger partial charge is 0.383 e. The van der Waals surface area contributed by atoms with Crippen molar-refractivity contribution in [2.45, 2.75) is 25.7 Å². The summed E-state index contributed by atoms with van der Waals surface area (Å²) in [6, 6.07) is 12.6. The molecule has 4 heteroatoms. The van der Waals surface area contributed by atoms with Gasteiger partial charge >= 0.3 is 0 Å². The van der Waals surface area contributed by atoms with E-state index < -0.39 is 0 Å². The lowest BCUT2D eigenvalue weighted by atomic mass is 9.86. The molecule has 0 fully saturated rings. The third-order valence-electron chi connectivity index (χ3n) is 4.27. The third-order valence-corrected chi connectivity index (χ3v) is 4.27. The lowest BCUT2D eigenvalue weighted by molar-refractivity contribution is 0.210. The van der Waals surface area contributed by atoms with E-state index in [0.29, 0.717) is 24.5 Å². The first-order valence-corrected chi connectivity index (χ1v) is 8.09. The number of hydrogen-bond acceptors (Lipinski definition) is 4. The molecular weight excluding hydrogens is 286 g/mol. The van der Waals surface area contributed by atoms with Crippen LogP contribution < -0.4 is 5.32 Å². The van der Waals surface area contributed by atoms with Gasteiger partial charge in [0.1, 0.15) is 11.9 Å². The highest BCUT2D eigenvalue weighted by molar-refractivity contribution is 5.72. The van der Waals surface area contributed by atoms with Crippen LogP contribution in [-0.4, -0.2) is 25.2 Å². The molecule has 1 aliphatic carbocycles. The molecule has 0 spiro atoms. The summed E-state index contributed by atoms with van der Waals surface area (Å²) in [6.07, 6.45) is 4.26. The van der Waals surface area contributed by atoms with Crippen molar-refractivity contribution in [1.82, 2.24) is 4.98 Å². The van der Waals surface area contributed by atoms with Gasteiger partial charge in [0.25, 0.3) is 0 Å². The second kappa shape index (κ2) is 7.26. The lowest BCUT2D eigenvalue weighted by Gasteiger charge is -2.22. The van der Waals surface area contributed by atoms with Gasteiger partial charge in [0.2, 0.25) is 0 Å². The van der Waals surface area contributed by atoms with Gasteiger partial charge in [-0.1, -0.05) is 30.3 Å². The number of anilines is 1. The van der Waals surface area contributed by atoms with Gasteiger partial charge in [0, 0.05) is 19.2 Å². The minimum atomic E-state index is 0.588. The Bertz CT molecular complexity index is 720. The van der Waals surface area contributed by atoms with Gasteiger partial charge in [-0.05, 0) is 36.8 Å². The molecule has 1 heterocycles. The van der Waals surface area contributed by atoms with Crippen LogP contribution in [0, 0.1) is 11.3 Å². The zero-order valence-electron chi connectivity index (χ0n) is 13.4. The average molecular weight is 307 g/mol. The smallest absolute Gasteiger partial charge is 0.145 e. The summed E-state index contributed by atoms with van der Waals surface area (Å²) in [4.78, 5) is 4.81. The van der Waals surface area contributed by atoms with Crippen molar-refractivity contribution >= 4 is 5.82 Å². The molecule has 1 aliphatic rings. The maximum Gasteiger partial charge on any atom is 0.145 e. The number of methoxy groups -OCH3 is 1. The monoisotopic (exact) mass is 307 g/mol. The minimum absolute atomic E-state index is 0.588. The Morgan fingerprint density at radius 2 is 1.91 bits per heavy atom. The predicted octanol–water partition coefficient (Wildman–Crippen LogP) is 3.56. The van der Waals surface area contributed by atoms with E-state index >= 15 is 0 Å². The topological polar surface area (TPSA) is 57.9 Å². The molecule has 2 aromatic rings. The highest BCUT2D eigenvalue weighted by Gasteiger charge is 2.22. The van der Waals surface area contributed by atoms with Gasteiger partial charge in [-0.3, -0.25) is 0 Å². The Morgan fingerprint density at radius 1 is 1.17 bits per heavy atom. The Morgan fingerprint density at radius 3 is 2.61 bits per heavy atom. The van der Waals surface area contributed by atoms with Crippen LogP contribution in [0.15, 0.2) is 30.3 Å². The third kappa shape index (κ3) is 3.20. The van der Waals surface area contributed by atoms with Gasteiger partial charge in [-0.15, -0.1) is 0 Å². The fraction of sp³-hybridized carbons (Fsp3) is 0.368. The van der Waals surface area contributed by atoms with E-state index in [4.69, 9.17) is 9.72 Å². The quantitative estimate of drug-likeness (QED) is 0.858. The summed E-state index contributed by atoms with van der Waals surface area (Å²) in [5.74, 6) is 0.684. The van der Waals surface area contributed by atoms with Crippen LogP contribution in [0.2, 0.25) is 0 Å². The maximum absolute atomic E-state index is 9.63. The van der Waals surface area contributed by atoms with E-state index in [0.717, 1.165) is 36.9 Å². The fourth-order valence-corrected chi connectivity index (χ4v) is 3.18. The van der Waals surface area contributed by atoms with E-state index in [1.807, 2.05) is 18.2 Å². The molecule has 1 aromatic heterocycles. The van der Waals surface area contributed by atoms with Crippen molar-refractivity contribution in [1.29, 1.82) is 5.26 Å². The van der Waals surface area contributed by atoms with Crippen molar-refractivity contribution in [3.8, 4) is 17.3 Å². The van der Waals surface area contributed by atoms with Crippen LogP contribution in [0.4, 0.5) is 5.82 Å². The number of fused-ring (bicyclic) bond motifs is 1. The van der Waals surface area contributed by atoms with E-state index in [2.05, 4.69) is 23.5 Å². The molecule has 23 heavy (non-hydrogen) atoms. The zero-order chi connectivity index (χ0) is 16.1. The molecular formula is C19H21N3O. The van der Waals surface area contributed by atoms with Crippen LogP contribution in [0.1, 0.15) is 29.5 Å².